The summed E-state index contributed by atoms with van der Waals surface area (Å²) in [5, 5.41) is 1.17. The molecular weight excluding hydrogens is 236 g/mol. The normalized spacial score (nSPS) is 17.2. The molecule has 3 heteroatoms. The Labute approximate surface area is 114 Å². The van der Waals surface area contributed by atoms with Crippen LogP contribution in [-0.4, -0.2) is 24.0 Å². The van der Waals surface area contributed by atoms with Crippen molar-refractivity contribution in [2.75, 3.05) is 13.1 Å². The molecule has 0 radical (unpaired) electrons. The topological polar surface area (TPSA) is 42.4 Å². The Balaban J connectivity index is 1.91. The van der Waals surface area contributed by atoms with Crippen molar-refractivity contribution in [3.63, 3.8) is 0 Å². The van der Waals surface area contributed by atoms with E-state index in [-0.39, 0.29) is 6.04 Å². The molecule has 3 rings (SSSR count). The molecule has 0 bridgehead atoms. The molecule has 1 atom stereocenters. The van der Waals surface area contributed by atoms with Crippen molar-refractivity contribution in [2.24, 2.45) is 5.73 Å². The first kappa shape index (κ1) is 12.7. The number of furan rings is 1. The third-order valence-electron chi connectivity index (χ3n) is 3.89. The average Bonchev–Trinajstić information content (AvgIpc) is 3.18. The Bertz CT molecular complexity index is 511. The maximum atomic E-state index is 6.02. The quantitative estimate of drug-likeness (QED) is 0.864. The van der Waals surface area contributed by atoms with Crippen LogP contribution in [0.1, 0.15) is 38.0 Å². The number of nitrogens with two attached hydrogens (primary N) is 1. The van der Waals surface area contributed by atoms with Gasteiger partial charge in [0.15, 0.2) is 0 Å². The number of benzene rings is 1. The predicted octanol–water partition coefficient (Wildman–Crippen LogP) is 3.31. The average molecular weight is 258 g/mol. The molecule has 1 heterocycles. The van der Waals surface area contributed by atoms with Gasteiger partial charge in [0.25, 0.3) is 0 Å². The standard InChI is InChI=1S/C16H22N2O/c1-2-9-18(13-7-8-13)14(11-17)16-10-12-5-3-4-6-15(12)19-16/h3-6,10,13-14H,2,7-9,11,17H2,1H3. The second-order valence-corrected chi connectivity index (χ2v) is 5.41. The van der Waals surface area contributed by atoms with Crippen molar-refractivity contribution in [2.45, 2.75) is 38.3 Å². The molecule has 1 saturated carbocycles. The highest BCUT2D eigenvalue weighted by Crippen LogP contribution is 2.35. The van der Waals surface area contributed by atoms with Crippen molar-refractivity contribution in [1.29, 1.82) is 0 Å². The lowest BCUT2D eigenvalue weighted by Crippen LogP contribution is -2.35. The van der Waals surface area contributed by atoms with Gasteiger partial charge in [0.2, 0.25) is 0 Å². The van der Waals surface area contributed by atoms with Crippen LogP contribution in [0.3, 0.4) is 0 Å². The number of nitrogens with zero attached hydrogens (tertiary/aromatic N) is 1. The molecule has 1 fully saturated rings. The van der Waals surface area contributed by atoms with E-state index < -0.39 is 0 Å². The first-order valence-corrected chi connectivity index (χ1v) is 7.27. The molecule has 1 aromatic heterocycles. The molecule has 0 amide bonds. The van der Waals surface area contributed by atoms with Crippen molar-refractivity contribution in [3.8, 4) is 0 Å². The van der Waals surface area contributed by atoms with Gasteiger partial charge in [0.1, 0.15) is 11.3 Å². The summed E-state index contributed by atoms with van der Waals surface area (Å²) in [6, 6.07) is 11.3. The lowest BCUT2D eigenvalue weighted by molar-refractivity contribution is 0.172. The van der Waals surface area contributed by atoms with E-state index in [1.54, 1.807) is 0 Å². The summed E-state index contributed by atoms with van der Waals surface area (Å²) in [5.74, 6) is 1.02. The summed E-state index contributed by atoms with van der Waals surface area (Å²) in [5.41, 5.74) is 6.98. The fraction of sp³-hybridized carbons (Fsp3) is 0.500. The largest absolute Gasteiger partial charge is 0.459 e. The number of hydrogen-bond donors (Lipinski definition) is 1. The van der Waals surface area contributed by atoms with Gasteiger partial charge in [-0.25, -0.2) is 0 Å². The van der Waals surface area contributed by atoms with Crippen LogP contribution in [0.4, 0.5) is 0 Å². The van der Waals surface area contributed by atoms with Crippen LogP contribution in [0.2, 0.25) is 0 Å². The van der Waals surface area contributed by atoms with Crippen LogP contribution in [-0.2, 0) is 0 Å². The van der Waals surface area contributed by atoms with Crippen molar-refractivity contribution < 1.29 is 4.42 Å². The second-order valence-electron chi connectivity index (χ2n) is 5.41. The van der Waals surface area contributed by atoms with Gasteiger partial charge in [0.05, 0.1) is 6.04 Å². The Hall–Kier alpha value is -1.32. The molecule has 0 spiro atoms. The van der Waals surface area contributed by atoms with E-state index in [2.05, 4.69) is 24.0 Å². The van der Waals surface area contributed by atoms with Crippen LogP contribution in [0, 0.1) is 0 Å². The van der Waals surface area contributed by atoms with E-state index in [1.807, 2.05) is 18.2 Å². The molecule has 0 aliphatic heterocycles. The molecule has 102 valence electrons. The Morgan fingerprint density at radius 1 is 1.37 bits per heavy atom. The van der Waals surface area contributed by atoms with Gasteiger partial charge in [-0.1, -0.05) is 25.1 Å². The molecule has 0 saturated heterocycles. The van der Waals surface area contributed by atoms with E-state index >= 15 is 0 Å². The molecule has 1 aromatic carbocycles. The monoisotopic (exact) mass is 258 g/mol. The number of hydrogen-bond acceptors (Lipinski definition) is 3. The zero-order valence-corrected chi connectivity index (χ0v) is 11.5. The predicted molar refractivity (Wildman–Crippen MR) is 78.0 cm³/mol. The smallest absolute Gasteiger partial charge is 0.134 e. The molecule has 1 unspecified atom stereocenters. The third-order valence-corrected chi connectivity index (χ3v) is 3.89. The van der Waals surface area contributed by atoms with E-state index in [1.165, 1.54) is 18.2 Å². The maximum Gasteiger partial charge on any atom is 0.134 e. The van der Waals surface area contributed by atoms with Gasteiger partial charge in [-0.15, -0.1) is 0 Å². The number of fused-ring (bicyclic) bond motifs is 1. The lowest BCUT2D eigenvalue weighted by Gasteiger charge is -2.29. The minimum absolute atomic E-state index is 0.222. The summed E-state index contributed by atoms with van der Waals surface area (Å²) in [4.78, 5) is 2.53. The highest BCUT2D eigenvalue weighted by molar-refractivity contribution is 5.77. The molecular formula is C16H22N2O. The van der Waals surface area contributed by atoms with Gasteiger partial charge in [-0.3, -0.25) is 4.90 Å². The fourth-order valence-electron chi connectivity index (χ4n) is 2.84. The van der Waals surface area contributed by atoms with Crippen LogP contribution in [0.15, 0.2) is 34.7 Å². The van der Waals surface area contributed by atoms with E-state index in [4.69, 9.17) is 10.2 Å². The summed E-state index contributed by atoms with van der Waals surface area (Å²) in [6.07, 6.45) is 3.76. The third kappa shape index (κ3) is 2.53. The number of rotatable bonds is 6. The molecule has 1 aliphatic carbocycles. The van der Waals surface area contributed by atoms with E-state index in [9.17, 15) is 0 Å². The number of para-hydroxylation sites is 1. The SMILES string of the molecule is CCCN(C1CC1)C(CN)c1cc2ccccc2o1. The van der Waals surface area contributed by atoms with Crippen molar-refractivity contribution >= 4 is 11.0 Å². The van der Waals surface area contributed by atoms with Crippen LogP contribution >= 0.6 is 0 Å². The van der Waals surface area contributed by atoms with Crippen LogP contribution in [0.25, 0.3) is 11.0 Å². The highest BCUT2D eigenvalue weighted by atomic mass is 16.3. The zero-order valence-electron chi connectivity index (χ0n) is 11.5. The summed E-state index contributed by atoms with van der Waals surface area (Å²) < 4.78 is 6.00. The molecule has 1 aliphatic rings. The van der Waals surface area contributed by atoms with E-state index in [0.717, 1.165) is 24.3 Å². The lowest BCUT2D eigenvalue weighted by atomic mass is 10.1. The van der Waals surface area contributed by atoms with E-state index in [0.29, 0.717) is 12.6 Å². The first-order valence-electron chi connectivity index (χ1n) is 7.27. The molecule has 3 nitrogen and oxygen atoms in total. The Morgan fingerprint density at radius 2 is 2.16 bits per heavy atom. The van der Waals surface area contributed by atoms with Gasteiger partial charge in [-0.2, -0.15) is 0 Å². The maximum absolute atomic E-state index is 6.02. The Morgan fingerprint density at radius 3 is 2.79 bits per heavy atom. The minimum Gasteiger partial charge on any atom is -0.459 e. The fourth-order valence-corrected chi connectivity index (χ4v) is 2.84. The summed E-state index contributed by atoms with van der Waals surface area (Å²) in [6.45, 7) is 3.95. The highest BCUT2D eigenvalue weighted by Gasteiger charge is 2.34. The first-order chi connectivity index (χ1) is 9.33. The summed E-state index contributed by atoms with van der Waals surface area (Å²) in [7, 11) is 0. The zero-order chi connectivity index (χ0) is 13.2. The van der Waals surface area contributed by atoms with Crippen molar-refractivity contribution in [3.05, 3.63) is 36.1 Å². The van der Waals surface area contributed by atoms with Crippen LogP contribution in [0.5, 0.6) is 0 Å². The summed E-state index contributed by atoms with van der Waals surface area (Å²) >= 11 is 0. The minimum atomic E-state index is 0.222. The van der Waals surface area contributed by atoms with Crippen molar-refractivity contribution in [1.82, 2.24) is 4.90 Å². The van der Waals surface area contributed by atoms with Crippen LogP contribution < -0.4 is 5.73 Å². The molecule has 2 N–H and O–H groups in total. The molecule has 2 aromatic rings. The van der Waals surface area contributed by atoms with Gasteiger partial charge >= 0.3 is 0 Å². The van der Waals surface area contributed by atoms with Gasteiger partial charge < -0.3 is 10.2 Å². The Kier molecular flexibility index (Phi) is 3.58. The van der Waals surface area contributed by atoms with Gasteiger partial charge in [0, 0.05) is 18.0 Å². The second kappa shape index (κ2) is 5.35. The molecule has 19 heavy (non-hydrogen) atoms. The van der Waals surface area contributed by atoms with Gasteiger partial charge in [-0.05, 0) is 37.9 Å².